The number of carboxylic acid groups (broad SMARTS) is 1. The second-order valence-electron chi connectivity index (χ2n) is 4.06. The van der Waals surface area contributed by atoms with Crippen LogP contribution in [0.3, 0.4) is 0 Å². The molecule has 108 valence electrons. The van der Waals surface area contributed by atoms with Gasteiger partial charge in [0.05, 0.1) is 6.42 Å². The second-order valence-corrected chi connectivity index (χ2v) is 4.45. The number of pyridine rings is 1. The molecule has 0 aromatic carbocycles. The first-order chi connectivity index (χ1) is 9.33. The Labute approximate surface area is 120 Å². The maximum Gasteiger partial charge on any atom is 0.326 e. The van der Waals surface area contributed by atoms with Crippen LogP contribution in [0.2, 0.25) is 5.15 Å². The lowest BCUT2D eigenvalue weighted by molar-refractivity contribution is -0.140. The lowest BCUT2D eigenvalue weighted by Crippen LogP contribution is -2.43. The van der Waals surface area contributed by atoms with Crippen molar-refractivity contribution >= 4 is 29.4 Å². The Morgan fingerprint density at radius 2 is 2.10 bits per heavy atom. The summed E-state index contributed by atoms with van der Waals surface area (Å²) in [5.74, 6) is -2.81. The Balaban J connectivity index is 2.91. The molecule has 1 heterocycles. The maximum absolute atomic E-state index is 11.9. The van der Waals surface area contributed by atoms with Crippen LogP contribution < -0.4 is 11.1 Å². The van der Waals surface area contributed by atoms with E-state index in [1.807, 2.05) is 6.92 Å². The largest absolute Gasteiger partial charge is 0.480 e. The van der Waals surface area contributed by atoms with E-state index in [-0.39, 0.29) is 10.7 Å². The highest BCUT2D eigenvalue weighted by molar-refractivity contribution is 6.29. The van der Waals surface area contributed by atoms with Crippen molar-refractivity contribution in [3.8, 4) is 0 Å². The summed E-state index contributed by atoms with van der Waals surface area (Å²) < 4.78 is 0. The van der Waals surface area contributed by atoms with Crippen molar-refractivity contribution in [2.75, 3.05) is 0 Å². The van der Waals surface area contributed by atoms with Gasteiger partial charge in [-0.3, -0.25) is 9.59 Å². The Morgan fingerprint density at radius 3 is 2.60 bits per heavy atom. The first kappa shape index (κ1) is 15.9. The number of rotatable bonds is 6. The number of hydrogen-bond acceptors (Lipinski definition) is 4. The monoisotopic (exact) mass is 299 g/mol. The second kappa shape index (κ2) is 6.85. The quantitative estimate of drug-likeness (QED) is 0.654. The molecular formula is C12H14ClN3O4. The van der Waals surface area contributed by atoms with Crippen molar-refractivity contribution in [2.24, 2.45) is 5.73 Å². The number of halogens is 1. The summed E-state index contributed by atoms with van der Waals surface area (Å²) in [7, 11) is 0. The molecule has 1 aromatic heterocycles. The van der Waals surface area contributed by atoms with E-state index in [1.165, 1.54) is 12.1 Å². The topological polar surface area (TPSA) is 122 Å². The highest BCUT2D eigenvalue weighted by Gasteiger charge is 2.23. The van der Waals surface area contributed by atoms with Crippen LogP contribution in [-0.4, -0.2) is 33.9 Å². The molecule has 7 nitrogen and oxygen atoms in total. The molecule has 0 aliphatic heterocycles. The standard InChI is InChI=1S/C12H14ClN3O4/c1-2-7-3-6(4-9(13)15-7)11(18)16-8(12(19)20)5-10(14)17/h3-4,8H,2,5H2,1H3,(H2,14,17)(H,16,18)(H,19,20)/t8-/m0/s1. The van der Waals surface area contributed by atoms with Gasteiger partial charge in [-0.2, -0.15) is 0 Å². The molecule has 2 amide bonds. The van der Waals surface area contributed by atoms with Crippen LogP contribution in [0.15, 0.2) is 12.1 Å². The fraction of sp³-hybridized carbons (Fsp3) is 0.333. The van der Waals surface area contributed by atoms with Crippen LogP contribution in [0.5, 0.6) is 0 Å². The van der Waals surface area contributed by atoms with Gasteiger partial charge in [-0.05, 0) is 18.6 Å². The molecule has 0 saturated carbocycles. The first-order valence-corrected chi connectivity index (χ1v) is 6.19. The Bertz CT molecular complexity index is 548. The summed E-state index contributed by atoms with van der Waals surface area (Å²) in [5.41, 5.74) is 5.71. The van der Waals surface area contributed by atoms with Crippen molar-refractivity contribution in [2.45, 2.75) is 25.8 Å². The Kier molecular flexibility index (Phi) is 5.45. The predicted molar refractivity (Wildman–Crippen MR) is 71.3 cm³/mol. The summed E-state index contributed by atoms with van der Waals surface area (Å²) in [4.78, 5) is 37.6. The van der Waals surface area contributed by atoms with Crippen LogP contribution in [0, 0.1) is 0 Å². The van der Waals surface area contributed by atoms with E-state index >= 15 is 0 Å². The normalized spacial score (nSPS) is 11.7. The number of primary amides is 1. The molecule has 0 spiro atoms. The van der Waals surface area contributed by atoms with E-state index in [1.54, 1.807) is 0 Å². The van der Waals surface area contributed by atoms with Crippen LogP contribution in [0.4, 0.5) is 0 Å². The minimum atomic E-state index is -1.38. The molecule has 0 aliphatic rings. The highest BCUT2D eigenvalue weighted by atomic mass is 35.5. The molecule has 0 aliphatic carbocycles. The Hall–Kier alpha value is -2.15. The van der Waals surface area contributed by atoms with E-state index in [0.717, 1.165) is 0 Å². The molecule has 0 bridgehead atoms. The van der Waals surface area contributed by atoms with E-state index < -0.39 is 30.2 Å². The number of nitrogens with one attached hydrogen (secondary N) is 1. The van der Waals surface area contributed by atoms with Gasteiger partial charge >= 0.3 is 5.97 Å². The molecule has 1 aromatic rings. The molecule has 1 atom stereocenters. The van der Waals surface area contributed by atoms with Gasteiger partial charge in [-0.15, -0.1) is 0 Å². The van der Waals surface area contributed by atoms with Gasteiger partial charge in [0.25, 0.3) is 5.91 Å². The minimum Gasteiger partial charge on any atom is -0.480 e. The number of hydrogen-bond donors (Lipinski definition) is 3. The van der Waals surface area contributed by atoms with Crippen molar-refractivity contribution < 1.29 is 19.5 Å². The van der Waals surface area contributed by atoms with Crippen LogP contribution in [-0.2, 0) is 16.0 Å². The smallest absolute Gasteiger partial charge is 0.326 e. The van der Waals surface area contributed by atoms with Crippen molar-refractivity contribution in [1.29, 1.82) is 0 Å². The third-order valence-electron chi connectivity index (χ3n) is 2.48. The Morgan fingerprint density at radius 1 is 1.45 bits per heavy atom. The third kappa shape index (κ3) is 4.51. The molecule has 20 heavy (non-hydrogen) atoms. The number of amides is 2. The molecular weight excluding hydrogens is 286 g/mol. The fourth-order valence-corrected chi connectivity index (χ4v) is 1.73. The van der Waals surface area contributed by atoms with Gasteiger partial charge in [0, 0.05) is 11.3 Å². The van der Waals surface area contributed by atoms with Gasteiger partial charge in [0.15, 0.2) is 0 Å². The SMILES string of the molecule is CCc1cc(C(=O)N[C@@H](CC(N)=O)C(=O)O)cc(Cl)n1. The summed E-state index contributed by atoms with van der Waals surface area (Å²) in [5, 5.41) is 11.3. The number of nitrogens with zero attached hydrogens (tertiary/aromatic N) is 1. The maximum atomic E-state index is 11.9. The number of carbonyl (C=O) groups is 3. The van der Waals surface area contributed by atoms with Crippen molar-refractivity contribution in [3.05, 3.63) is 28.5 Å². The number of carbonyl (C=O) groups excluding carboxylic acids is 2. The van der Waals surface area contributed by atoms with Crippen LogP contribution in [0.25, 0.3) is 0 Å². The summed E-state index contributed by atoms with van der Waals surface area (Å²) >= 11 is 5.77. The number of nitrogens with two attached hydrogens (primary N) is 1. The number of aromatic nitrogens is 1. The minimum absolute atomic E-state index is 0.135. The van der Waals surface area contributed by atoms with E-state index in [9.17, 15) is 14.4 Å². The lowest BCUT2D eigenvalue weighted by Gasteiger charge is -2.13. The number of carboxylic acids is 1. The summed E-state index contributed by atoms with van der Waals surface area (Å²) in [6.45, 7) is 1.84. The zero-order chi connectivity index (χ0) is 15.3. The molecule has 8 heteroatoms. The van der Waals surface area contributed by atoms with Crippen LogP contribution in [0.1, 0.15) is 29.4 Å². The molecule has 0 fully saturated rings. The van der Waals surface area contributed by atoms with E-state index in [2.05, 4.69) is 10.3 Å². The average molecular weight is 300 g/mol. The summed E-state index contributed by atoms with van der Waals surface area (Å²) in [6, 6.07) is 1.45. The third-order valence-corrected chi connectivity index (χ3v) is 2.67. The van der Waals surface area contributed by atoms with E-state index in [4.69, 9.17) is 22.4 Å². The zero-order valence-corrected chi connectivity index (χ0v) is 11.5. The lowest BCUT2D eigenvalue weighted by atomic mass is 10.1. The molecule has 0 unspecified atom stereocenters. The van der Waals surface area contributed by atoms with Gasteiger partial charge in [-0.25, -0.2) is 9.78 Å². The summed E-state index contributed by atoms with van der Waals surface area (Å²) in [6.07, 6.45) is 0.0883. The molecule has 4 N–H and O–H groups in total. The number of aliphatic carboxylic acids is 1. The van der Waals surface area contributed by atoms with Crippen molar-refractivity contribution in [3.63, 3.8) is 0 Å². The predicted octanol–water partition coefficient (Wildman–Crippen LogP) is 0.356. The van der Waals surface area contributed by atoms with Gasteiger partial charge < -0.3 is 16.2 Å². The molecule has 1 rings (SSSR count). The van der Waals surface area contributed by atoms with Gasteiger partial charge in [0.1, 0.15) is 11.2 Å². The number of aryl methyl sites for hydroxylation is 1. The fourth-order valence-electron chi connectivity index (χ4n) is 1.51. The zero-order valence-electron chi connectivity index (χ0n) is 10.7. The van der Waals surface area contributed by atoms with Gasteiger partial charge in [-0.1, -0.05) is 18.5 Å². The van der Waals surface area contributed by atoms with Crippen molar-refractivity contribution in [1.82, 2.24) is 10.3 Å². The van der Waals surface area contributed by atoms with E-state index in [0.29, 0.717) is 12.1 Å². The molecule has 0 radical (unpaired) electrons. The first-order valence-electron chi connectivity index (χ1n) is 5.82. The van der Waals surface area contributed by atoms with Gasteiger partial charge in [0.2, 0.25) is 5.91 Å². The highest BCUT2D eigenvalue weighted by Crippen LogP contribution is 2.12. The van der Waals surface area contributed by atoms with Crippen LogP contribution >= 0.6 is 11.6 Å². The average Bonchev–Trinajstić information content (AvgIpc) is 2.36. The molecule has 0 saturated heterocycles.